The number of hydrogen-bond donors (Lipinski definition) is 3. The number of carboxylic acids is 1. The Balaban J connectivity index is 1.69. The summed E-state index contributed by atoms with van der Waals surface area (Å²) in [5.74, 6) is -0.380. The van der Waals surface area contributed by atoms with Gasteiger partial charge in [-0.2, -0.15) is 0 Å². The van der Waals surface area contributed by atoms with Crippen molar-refractivity contribution in [3.8, 4) is 5.75 Å². The van der Waals surface area contributed by atoms with Crippen molar-refractivity contribution in [1.29, 1.82) is 0 Å². The zero-order valence-electron chi connectivity index (χ0n) is 15.7. The lowest BCUT2D eigenvalue weighted by molar-refractivity contribution is -0.139. The van der Waals surface area contributed by atoms with Crippen molar-refractivity contribution in [3.05, 3.63) is 65.4 Å². The Morgan fingerprint density at radius 2 is 1.96 bits per heavy atom. The van der Waals surface area contributed by atoms with Gasteiger partial charge in [-0.05, 0) is 29.7 Å². The van der Waals surface area contributed by atoms with Crippen LogP contribution in [-0.4, -0.2) is 35.3 Å². The lowest BCUT2D eigenvalue weighted by atomic mass is 10.0. The Morgan fingerprint density at radius 1 is 1.21 bits per heavy atom. The van der Waals surface area contributed by atoms with Crippen LogP contribution in [0.15, 0.2) is 48.7 Å². The summed E-state index contributed by atoms with van der Waals surface area (Å²) in [5.41, 5.74) is 3.40. The van der Waals surface area contributed by atoms with E-state index in [1.54, 1.807) is 13.3 Å². The highest BCUT2D eigenvalue weighted by Crippen LogP contribution is 2.27. The van der Waals surface area contributed by atoms with Crippen molar-refractivity contribution >= 4 is 23.0 Å². The number of alkyl carbamates (subject to hydrolysis) is 1. The number of benzene rings is 2. The molecule has 0 fully saturated rings. The van der Waals surface area contributed by atoms with Crippen LogP contribution in [0.25, 0.3) is 10.9 Å². The number of aliphatic carboxylic acids is 1. The molecule has 1 heterocycles. The third-order valence-electron chi connectivity index (χ3n) is 4.51. The topological polar surface area (TPSA) is 101 Å². The third kappa shape index (κ3) is 4.43. The maximum absolute atomic E-state index is 12.0. The van der Waals surface area contributed by atoms with Crippen LogP contribution >= 0.6 is 0 Å². The molecule has 0 aliphatic carbocycles. The number of aromatic amines is 1. The van der Waals surface area contributed by atoms with Crippen molar-refractivity contribution in [2.24, 2.45) is 0 Å². The summed E-state index contributed by atoms with van der Waals surface area (Å²) >= 11 is 0. The third-order valence-corrected chi connectivity index (χ3v) is 4.51. The summed E-state index contributed by atoms with van der Waals surface area (Å²) in [7, 11) is 1.60. The van der Waals surface area contributed by atoms with E-state index >= 15 is 0 Å². The molecule has 1 unspecified atom stereocenters. The van der Waals surface area contributed by atoms with E-state index in [0.717, 1.165) is 33.3 Å². The van der Waals surface area contributed by atoms with Crippen LogP contribution in [0.2, 0.25) is 0 Å². The van der Waals surface area contributed by atoms with Gasteiger partial charge in [-0.1, -0.05) is 30.3 Å². The highest BCUT2D eigenvalue weighted by molar-refractivity contribution is 5.87. The molecule has 1 amide bonds. The second kappa shape index (κ2) is 8.47. The molecule has 7 heteroatoms. The molecule has 3 rings (SSSR count). The molecular formula is C21H22N2O5. The number of hydrogen-bond acceptors (Lipinski definition) is 4. The van der Waals surface area contributed by atoms with E-state index in [-0.39, 0.29) is 13.0 Å². The maximum atomic E-state index is 12.0. The van der Waals surface area contributed by atoms with E-state index in [2.05, 4.69) is 10.3 Å². The van der Waals surface area contributed by atoms with E-state index in [1.165, 1.54) is 0 Å². The van der Waals surface area contributed by atoms with E-state index in [4.69, 9.17) is 9.47 Å². The van der Waals surface area contributed by atoms with Gasteiger partial charge in [-0.3, -0.25) is 0 Å². The summed E-state index contributed by atoms with van der Waals surface area (Å²) in [5, 5.41) is 12.8. The van der Waals surface area contributed by atoms with Crippen molar-refractivity contribution in [3.63, 3.8) is 0 Å². The number of aromatic nitrogens is 1. The predicted octanol–water partition coefficient (Wildman–Crippen LogP) is 3.41. The highest BCUT2D eigenvalue weighted by Gasteiger charge is 2.23. The Labute approximate surface area is 162 Å². The minimum atomic E-state index is -1.13. The zero-order chi connectivity index (χ0) is 20.1. The van der Waals surface area contributed by atoms with Crippen LogP contribution in [0.5, 0.6) is 5.75 Å². The van der Waals surface area contributed by atoms with Crippen molar-refractivity contribution in [2.75, 3.05) is 7.11 Å². The lowest BCUT2D eigenvalue weighted by Crippen LogP contribution is -2.42. The zero-order valence-corrected chi connectivity index (χ0v) is 15.7. The summed E-state index contributed by atoms with van der Waals surface area (Å²) in [6, 6.07) is 11.9. The normalized spacial score (nSPS) is 11.8. The fraction of sp³-hybridized carbons (Fsp3) is 0.238. The van der Waals surface area contributed by atoms with Gasteiger partial charge in [0.2, 0.25) is 0 Å². The smallest absolute Gasteiger partial charge is 0.408 e. The van der Waals surface area contributed by atoms with Crippen molar-refractivity contribution in [1.82, 2.24) is 10.3 Å². The number of carboxylic acid groups (broad SMARTS) is 1. The van der Waals surface area contributed by atoms with Crippen LogP contribution in [-0.2, 0) is 22.6 Å². The molecule has 0 aliphatic heterocycles. The molecule has 0 saturated heterocycles. The maximum Gasteiger partial charge on any atom is 0.408 e. The summed E-state index contributed by atoms with van der Waals surface area (Å²) < 4.78 is 10.4. The van der Waals surface area contributed by atoms with Gasteiger partial charge in [0.15, 0.2) is 0 Å². The van der Waals surface area contributed by atoms with E-state index < -0.39 is 18.1 Å². The second-order valence-corrected chi connectivity index (χ2v) is 6.48. The van der Waals surface area contributed by atoms with Gasteiger partial charge in [0.1, 0.15) is 18.4 Å². The Morgan fingerprint density at radius 3 is 2.64 bits per heavy atom. The van der Waals surface area contributed by atoms with Gasteiger partial charge >= 0.3 is 12.1 Å². The van der Waals surface area contributed by atoms with Crippen LogP contribution in [0.4, 0.5) is 4.79 Å². The van der Waals surface area contributed by atoms with Crippen molar-refractivity contribution < 1.29 is 24.2 Å². The van der Waals surface area contributed by atoms with Crippen LogP contribution < -0.4 is 10.1 Å². The first-order chi connectivity index (χ1) is 13.5. The molecule has 1 aromatic heterocycles. The molecule has 0 bridgehead atoms. The standard InChI is InChI=1S/C21H22N2O5/c1-13-8-16-15(11-22-17(16)10-19(13)27-2)9-18(20(24)25)23-21(26)28-12-14-6-4-3-5-7-14/h3-8,10-11,18,22H,9,12H2,1-2H3,(H,23,26)(H,24,25). The number of methoxy groups -OCH3 is 1. The SMILES string of the molecule is COc1cc2[nH]cc(CC(NC(=O)OCc3ccccc3)C(=O)O)c2cc1C. The fourth-order valence-electron chi connectivity index (χ4n) is 3.03. The van der Waals surface area contributed by atoms with Gasteiger partial charge in [-0.25, -0.2) is 9.59 Å². The Hall–Kier alpha value is -3.48. The van der Waals surface area contributed by atoms with E-state index in [1.807, 2.05) is 49.4 Å². The number of aryl methyl sites for hydroxylation is 1. The first-order valence-electron chi connectivity index (χ1n) is 8.82. The quantitative estimate of drug-likeness (QED) is 0.581. The first kappa shape index (κ1) is 19.3. The number of ether oxygens (including phenoxy) is 2. The minimum Gasteiger partial charge on any atom is -0.496 e. The molecule has 28 heavy (non-hydrogen) atoms. The van der Waals surface area contributed by atoms with Gasteiger partial charge in [0, 0.05) is 29.6 Å². The number of rotatable bonds is 7. The van der Waals surface area contributed by atoms with Crippen molar-refractivity contribution in [2.45, 2.75) is 26.0 Å². The van der Waals surface area contributed by atoms with Gasteiger partial charge < -0.3 is 24.9 Å². The molecule has 1 atom stereocenters. The number of H-pyrrole nitrogens is 1. The van der Waals surface area contributed by atoms with Crippen LogP contribution in [0, 0.1) is 6.92 Å². The number of fused-ring (bicyclic) bond motifs is 1. The summed E-state index contributed by atoms with van der Waals surface area (Å²) in [4.78, 5) is 26.8. The lowest BCUT2D eigenvalue weighted by Gasteiger charge is -2.14. The van der Waals surface area contributed by atoms with Crippen LogP contribution in [0.1, 0.15) is 16.7 Å². The molecular weight excluding hydrogens is 360 g/mol. The number of nitrogens with one attached hydrogen (secondary N) is 2. The molecule has 0 spiro atoms. The second-order valence-electron chi connectivity index (χ2n) is 6.48. The minimum absolute atomic E-state index is 0.0745. The van der Waals surface area contributed by atoms with E-state index in [0.29, 0.717) is 0 Å². The monoisotopic (exact) mass is 382 g/mol. The predicted molar refractivity (Wildman–Crippen MR) is 104 cm³/mol. The summed E-state index contributed by atoms with van der Waals surface area (Å²) in [6.07, 6.45) is 1.10. The first-order valence-corrected chi connectivity index (χ1v) is 8.82. The fourth-order valence-corrected chi connectivity index (χ4v) is 3.03. The highest BCUT2D eigenvalue weighted by atomic mass is 16.5. The molecule has 7 nitrogen and oxygen atoms in total. The Bertz CT molecular complexity index is 981. The van der Waals surface area contributed by atoms with Gasteiger partial charge in [-0.15, -0.1) is 0 Å². The molecule has 3 N–H and O–H groups in total. The number of amides is 1. The average Bonchev–Trinajstić information content (AvgIpc) is 3.07. The summed E-state index contributed by atoms with van der Waals surface area (Å²) in [6.45, 7) is 1.99. The average molecular weight is 382 g/mol. The number of carbonyl (C=O) groups excluding carboxylic acids is 1. The molecule has 0 aliphatic rings. The molecule has 0 radical (unpaired) electrons. The molecule has 2 aromatic carbocycles. The largest absolute Gasteiger partial charge is 0.496 e. The Kier molecular flexibility index (Phi) is 5.84. The molecule has 0 saturated carbocycles. The molecule has 146 valence electrons. The molecule has 3 aromatic rings. The van der Waals surface area contributed by atoms with Crippen LogP contribution in [0.3, 0.4) is 0 Å². The van der Waals surface area contributed by atoms with E-state index in [9.17, 15) is 14.7 Å². The number of carbonyl (C=O) groups is 2. The van der Waals surface area contributed by atoms with Gasteiger partial charge in [0.25, 0.3) is 0 Å². The van der Waals surface area contributed by atoms with Gasteiger partial charge in [0.05, 0.1) is 7.11 Å².